The fourth-order valence-corrected chi connectivity index (χ4v) is 5.32. The number of hydrogen-bond acceptors (Lipinski definition) is 6. The van der Waals surface area contributed by atoms with Gasteiger partial charge in [0, 0.05) is 31.1 Å². The fourth-order valence-electron chi connectivity index (χ4n) is 5.32. The zero-order chi connectivity index (χ0) is 31.2. The Morgan fingerprint density at radius 2 is 1.63 bits per heavy atom. The fraction of sp³-hybridized carbons (Fsp3) is 0.500. The van der Waals surface area contributed by atoms with Crippen LogP contribution in [0, 0.1) is 0 Å². The highest BCUT2D eigenvalue weighted by Crippen LogP contribution is 2.25. The number of hydrogen-bond donors (Lipinski definition) is 3. The number of H-pyrrole nitrogens is 1. The van der Waals surface area contributed by atoms with Crippen molar-refractivity contribution in [3.8, 4) is 0 Å². The number of likely N-dealkylation sites (tertiary alicyclic amines) is 1. The molecule has 0 unspecified atom stereocenters. The summed E-state index contributed by atoms with van der Waals surface area (Å²) < 4.78 is 13.0. The van der Waals surface area contributed by atoms with Crippen molar-refractivity contribution < 1.29 is 23.9 Å². The summed E-state index contributed by atoms with van der Waals surface area (Å²) in [6.07, 6.45) is 0.513. The molecular weight excluding hydrogens is 550 g/mol. The van der Waals surface area contributed by atoms with Crippen LogP contribution < -0.4 is 16.3 Å². The number of imidazole rings is 1. The summed E-state index contributed by atoms with van der Waals surface area (Å²) in [7, 11) is 0. The summed E-state index contributed by atoms with van der Waals surface area (Å²) >= 11 is 0. The average Bonchev–Trinajstić information content (AvgIpc) is 3.26. The van der Waals surface area contributed by atoms with E-state index in [4.69, 9.17) is 9.47 Å². The molecule has 11 heteroatoms. The van der Waals surface area contributed by atoms with Crippen molar-refractivity contribution in [3.05, 3.63) is 70.6 Å². The predicted molar refractivity (Wildman–Crippen MR) is 164 cm³/mol. The number of aromatic nitrogens is 2. The van der Waals surface area contributed by atoms with Crippen molar-refractivity contribution in [2.45, 2.75) is 83.7 Å². The van der Waals surface area contributed by atoms with Crippen molar-refractivity contribution >= 4 is 28.9 Å². The van der Waals surface area contributed by atoms with Gasteiger partial charge in [0.1, 0.15) is 11.6 Å². The van der Waals surface area contributed by atoms with Gasteiger partial charge in [0.25, 0.3) is 0 Å². The summed E-state index contributed by atoms with van der Waals surface area (Å²) in [4.78, 5) is 56.5. The number of rotatable bonds is 10. The van der Waals surface area contributed by atoms with Crippen molar-refractivity contribution in [2.24, 2.45) is 0 Å². The van der Waals surface area contributed by atoms with Crippen LogP contribution in [0.25, 0.3) is 11.0 Å². The van der Waals surface area contributed by atoms with E-state index in [0.717, 1.165) is 16.6 Å². The molecule has 4 rings (SSSR count). The van der Waals surface area contributed by atoms with Crippen LogP contribution in [0.2, 0.25) is 0 Å². The molecule has 1 aliphatic heterocycles. The molecule has 0 radical (unpaired) electrons. The highest BCUT2D eigenvalue weighted by Gasteiger charge is 2.33. The van der Waals surface area contributed by atoms with Crippen molar-refractivity contribution in [1.82, 2.24) is 25.1 Å². The Morgan fingerprint density at radius 1 is 0.977 bits per heavy atom. The van der Waals surface area contributed by atoms with Gasteiger partial charge in [-0.15, -0.1) is 0 Å². The molecule has 11 nitrogen and oxygen atoms in total. The molecule has 0 bridgehead atoms. The van der Waals surface area contributed by atoms with Crippen molar-refractivity contribution in [1.29, 1.82) is 0 Å². The van der Waals surface area contributed by atoms with Crippen LogP contribution in [-0.4, -0.2) is 69.2 Å². The van der Waals surface area contributed by atoms with Crippen molar-refractivity contribution in [2.75, 3.05) is 19.7 Å². The van der Waals surface area contributed by atoms with E-state index in [1.54, 1.807) is 44.1 Å². The molecule has 43 heavy (non-hydrogen) atoms. The summed E-state index contributed by atoms with van der Waals surface area (Å²) in [6.45, 7) is 9.88. The average molecular weight is 594 g/mol. The quantitative estimate of drug-likeness (QED) is 0.327. The zero-order valence-electron chi connectivity index (χ0n) is 25.6. The van der Waals surface area contributed by atoms with Gasteiger partial charge in [-0.1, -0.05) is 42.5 Å². The molecule has 1 fully saturated rings. The maximum Gasteiger partial charge on any atom is 0.408 e. The molecule has 3 aromatic rings. The highest BCUT2D eigenvalue weighted by molar-refractivity contribution is 5.88. The van der Waals surface area contributed by atoms with E-state index in [0.29, 0.717) is 25.9 Å². The number of ether oxygens (including phenoxy) is 2. The minimum absolute atomic E-state index is 0.0127. The lowest BCUT2D eigenvalue weighted by Crippen LogP contribution is -2.55. The van der Waals surface area contributed by atoms with E-state index in [2.05, 4.69) is 15.6 Å². The van der Waals surface area contributed by atoms with Gasteiger partial charge in [-0.05, 0) is 65.2 Å². The van der Waals surface area contributed by atoms with Gasteiger partial charge in [0.15, 0.2) is 0 Å². The third-order valence-electron chi connectivity index (χ3n) is 7.24. The van der Waals surface area contributed by atoms with E-state index >= 15 is 0 Å². The third-order valence-corrected chi connectivity index (χ3v) is 7.24. The number of nitrogens with zero attached hydrogens (tertiary/aromatic N) is 2. The van der Waals surface area contributed by atoms with E-state index in [1.807, 2.05) is 54.6 Å². The molecule has 1 atom stereocenters. The molecule has 0 spiro atoms. The van der Waals surface area contributed by atoms with Gasteiger partial charge in [0.05, 0.1) is 24.2 Å². The lowest BCUT2D eigenvalue weighted by Gasteiger charge is -2.35. The molecule has 3 amide bonds. The SMILES string of the molecule is CC(C)(CC(=O)N[C@H](COCc1ccccc1)C(=O)N1CCC(n2c(=O)[nH]c3ccccc32)CC1)NC(=O)OC(C)(C)C. The molecule has 232 valence electrons. The lowest BCUT2D eigenvalue weighted by atomic mass is 10.00. The second-order valence-electron chi connectivity index (χ2n) is 12.7. The summed E-state index contributed by atoms with van der Waals surface area (Å²) in [5, 5.41) is 5.57. The Labute approximate surface area is 251 Å². The molecule has 2 aromatic carbocycles. The molecule has 2 heterocycles. The van der Waals surface area contributed by atoms with Gasteiger partial charge in [-0.25, -0.2) is 9.59 Å². The first-order valence-corrected chi connectivity index (χ1v) is 14.7. The Hall–Kier alpha value is -4.12. The van der Waals surface area contributed by atoms with Gasteiger partial charge in [-0.3, -0.25) is 14.2 Å². The lowest BCUT2D eigenvalue weighted by molar-refractivity contribution is -0.139. The van der Waals surface area contributed by atoms with Gasteiger partial charge >= 0.3 is 11.8 Å². The first-order chi connectivity index (χ1) is 20.3. The van der Waals surface area contributed by atoms with Crippen LogP contribution in [0.3, 0.4) is 0 Å². The molecule has 3 N–H and O–H groups in total. The number of carbonyl (C=O) groups excluding carboxylic acids is 3. The molecule has 1 aromatic heterocycles. The molecule has 0 aliphatic carbocycles. The number of alkyl carbamates (subject to hydrolysis) is 1. The normalized spacial score (nSPS) is 15.2. The van der Waals surface area contributed by atoms with Gasteiger partial charge in [0.2, 0.25) is 11.8 Å². The van der Waals surface area contributed by atoms with Crippen LogP contribution in [0.1, 0.15) is 65.5 Å². The van der Waals surface area contributed by atoms with E-state index in [9.17, 15) is 19.2 Å². The topological polar surface area (TPSA) is 135 Å². The van der Waals surface area contributed by atoms with Crippen LogP contribution in [0.5, 0.6) is 0 Å². The summed E-state index contributed by atoms with van der Waals surface area (Å²) in [5.41, 5.74) is 0.829. The standard InChI is InChI=1S/C32H43N5O6/c1-31(2,3)43-30(41)35-32(4,5)19-27(38)33-25(21-42-20-22-11-7-6-8-12-22)28(39)36-17-15-23(16-18-36)37-26-14-10-9-13-24(26)34-29(37)40/h6-14,23,25H,15-21H2,1-5H3,(H,33,38)(H,34,40)(H,35,41)/t25-/m1/s1. The van der Waals surface area contributed by atoms with Gasteiger partial charge < -0.3 is 30.0 Å². The minimum Gasteiger partial charge on any atom is -0.444 e. The monoisotopic (exact) mass is 593 g/mol. The third kappa shape index (κ3) is 8.93. The number of nitrogens with one attached hydrogen (secondary N) is 3. The van der Waals surface area contributed by atoms with Crippen LogP contribution >= 0.6 is 0 Å². The molecule has 0 saturated carbocycles. The first-order valence-electron chi connectivity index (χ1n) is 14.7. The van der Waals surface area contributed by atoms with Crippen molar-refractivity contribution in [3.63, 3.8) is 0 Å². The maximum atomic E-state index is 13.7. The Balaban J connectivity index is 1.40. The summed E-state index contributed by atoms with van der Waals surface area (Å²) in [6, 6.07) is 16.2. The number of piperidine rings is 1. The van der Waals surface area contributed by atoms with Crippen LogP contribution in [0.4, 0.5) is 4.79 Å². The highest BCUT2D eigenvalue weighted by atomic mass is 16.6. The maximum absolute atomic E-state index is 13.7. The zero-order valence-corrected chi connectivity index (χ0v) is 25.6. The number of fused-ring (bicyclic) bond motifs is 1. The number of carbonyl (C=O) groups is 3. The Kier molecular flexibility index (Phi) is 9.95. The number of amides is 3. The minimum atomic E-state index is -0.921. The second-order valence-corrected chi connectivity index (χ2v) is 12.7. The smallest absolute Gasteiger partial charge is 0.408 e. The Bertz CT molecular complexity index is 1460. The number of para-hydroxylation sites is 2. The van der Waals surface area contributed by atoms with Gasteiger partial charge in [-0.2, -0.15) is 0 Å². The summed E-state index contributed by atoms with van der Waals surface area (Å²) in [5.74, 6) is -0.646. The first kappa shape index (κ1) is 31.8. The molecular formula is C32H43N5O6. The molecule has 1 saturated heterocycles. The van der Waals surface area contributed by atoms with Crippen LogP contribution in [0.15, 0.2) is 59.4 Å². The van der Waals surface area contributed by atoms with E-state index < -0.39 is 29.2 Å². The Morgan fingerprint density at radius 3 is 2.30 bits per heavy atom. The number of aromatic amines is 1. The van der Waals surface area contributed by atoms with Crippen LogP contribution in [-0.2, 0) is 25.7 Å². The van der Waals surface area contributed by atoms with E-state index in [-0.39, 0.29) is 37.3 Å². The largest absolute Gasteiger partial charge is 0.444 e. The number of benzene rings is 2. The van der Waals surface area contributed by atoms with E-state index in [1.165, 1.54) is 0 Å². The molecule has 1 aliphatic rings. The second kappa shape index (κ2) is 13.5. The predicted octanol–water partition coefficient (Wildman–Crippen LogP) is 3.89.